The Bertz CT molecular complexity index is 949. The number of aromatic nitrogens is 1. The first-order chi connectivity index (χ1) is 13.6. The molecule has 146 valence electrons. The molecule has 1 atom stereocenters. The van der Waals surface area contributed by atoms with Gasteiger partial charge in [0.15, 0.2) is 11.5 Å². The molecule has 0 unspecified atom stereocenters. The minimum atomic E-state index is -0.0604. The number of hydrogen-bond donors (Lipinski definition) is 1. The van der Waals surface area contributed by atoms with Crippen molar-refractivity contribution in [3.8, 4) is 0 Å². The van der Waals surface area contributed by atoms with Gasteiger partial charge in [-0.2, -0.15) is 0 Å². The highest BCUT2D eigenvalue weighted by Crippen LogP contribution is 2.26. The molecule has 3 aromatic rings. The van der Waals surface area contributed by atoms with Crippen molar-refractivity contribution in [3.05, 3.63) is 65.5 Å². The van der Waals surface area contributed by atoms with Crippen molar-refractivity contribution in [2.45, 2.75) is 32.1 Å². The van der Waals surface area contributed by atoms with E-state index < -0.39 is 0 Å². The second kappa shape index (κ2) is 8.15. The Kier molecular flexibility index (Phi) is 5.44. The Labute approximate surface area is 165 Å². The van der Waals surface area contributed by atoms with Crippen LogP contribution in [0.3, 0.4) is 0 Å². The van der Waals surface area contributed by atoms with Crippen LogP contribution in [0.1, 0.15) is 53.9 Å². The predicted molar refractivity (Wildman–Crippen MR) is 111 cm³/mol. The topological polar surface area (TPSA) is 58.4 Å². The number of likely N-dealkylation sites (tertiary alicyclic amines) is 1. The Hall–Kier alpha value is -2.66. The molecular weight excluding hydrogens is 350 g/mol. The summed E-state index contributed by atoms with van der Waals surface area (Å²) >= 11 is 0. The van der Waals surface area contributed by atoms with E-state index in [1.807, 2.05) is 19.9 Å². The SMILES string of the molecule is CC(C)c1nc2cc(C(=O)NCCN3CC[C@@H](c4ccccc4)C3)ccc2o1. The van der Waals surface area contributed by atoms with Crippen LogP contribution in [0.5, 0.6) is 0 Å². The molecule has 1 aromatic heterocycles. The third-order valence-electron chi connectivity index (χ3n) is 5.42. The standard InChI is InChI=1S/C23H27N3O2/c1-16(2)23-25-20-14-18(8-9-21(20)28-23)22(27)24-11-13-26-12-10-19(15-26)17-6-4-3-5-7-17/h3-9,14,16,19H,10-13,15H2,1-2H3,(H,24,27)/t19-/m1/s1. The molecule has 0 saturated carbocycles. The van der Waals surface area contributed by atoms with Crippen molar-refractivity contribution >= 4 is 17.0 Å². The third kappa shape index (κ3) is 4.09. The van der Waals surface area contributed by atoms with Crippen LogP contribution in [0.15, 0.2) is 52.9 Å². The van der Waals surface area contributed by atoms with Gasteiger partial charge in [0.2, 0.25) is 0 Å². The van der Waals surface area contributed by atoms with Gasteiger partial charge in [0.05, 0.1) is 0 Å². The van der Waals surface area contributed by atoms with E-state index in [0.717, 1.165) is 30.7 Å². The summed E-state index contributed by atoms with van der Waals surface area (Å²) in [6.45, 7) is 7.74. The molecule has 1 amide bonds. The maximum absolute atomic E-state index is 12.5. The van der Waals surface area contributed by atoms with Crippen LogP contribution in [0.4, 0.5) is 0 Å². The molecule has 1 N–H and O–H groups in total. The fraction of sp³-hybridized carbons (Fsp3) is 0.391. The summed E-state index contributed by atoms with van der Waals surface area (Å²) in [4.78, 5) is 19.4. The monoisotopic (exact) mass is 377 g/mol. The number of benzene rings is 2. The first-order valence-corrected chi connectivity index (χ1v) is 10.1. The summed E-state index contributed by atoms with van der Waals surface area (Å²) < 4.78 is 5.71. The number of fused-ring (bicyclic) bond motifs is 1. The zero-order valence-corrected chi connectivity index (χ0v) is 16.5. The van der Waals surface area contributed by atoms with Gasteiger partial charge in [-0.25, -0.2) is 4.98 Å². The summed E-state index contributed by atoms with van der Waals surface area (Å²) in [7, 11) is 0. The van der Waals surface area contributed by atoms with Crippen molar-refractivity contribution in [3.63, 3.8) is 0 Å². The fourth-order valence-electron chi connectivity index (χ4n) is 3.80. The Balaban J connectivity index is 1.29. The molecule has 1 aliphatic rings. The lowest BCUT2D eigenvalue weighted by Crippen LogP contribution is -2.33. The maximum Gasteiger partial charge on any atom is 0.251 e. The number of carbonyl (C=O) groups is 1. The molecule has 5 heteroatoms. The van der Waals surface area contributed by atoms with Gasteiger partial charge in [-0.1, -0.05) is 44.2 Å². The highest BCUT2D eigenvalue weighted by molar-refractivity contribution is 5.97. The van der Waals surface area contributed by atoms with E-state index in [9.17, 15) is 4.79 Å². The van der Waals surface area contributed by atoms with Gasteiger partial charge in [-0.3, -0.25) is 4.79 Å². The molecule has 1 fully saturated rings. The average Bonchev–Trinajstić information content (AvgIpc) is 3.35. The summed E-state index contributed by atoms with van der Waals surface area (Å²) in [6.07, 6.45) is 1.18. The van der Waals surface area contributed by atoms with E-state index in [0.29, 0.717) is 23.9 Å². The van der Waals surface area contributed by atoms with Gasteiger partial charge in [0.25, 0.3) is 5.91 Å². The second-order valence-electron chi connectivity index (χ2n) is 7.84. The molecule has 5 nitrogen and oxygen atoms in total. The molecule has 2 heterocycles. The van der Waals surface area contributed by atoms with E-state index in [-0.39, 0.29) is 11.8 Å². The Morgan fingerprint density at radius 1 is 1.25 bits per heavy atom. The summed E-state index contributed by atoms with van der Waals surface area (Å²) in [5.74, 6) is 1.47. The summed E-state index contributed by atoms with van der Waals surface area (Å²) in [6, 6.07) is 16.1. The minimum absolute atomic E-state index is 0.0604. The molecule has 1 saturated heterocycles. The van der Waals surface area contributed by atoms with E-state index in [1.54, 1.807) is 12.1 Å². The highest BCUT2D eigenvalue weighted by atomic mass is 16.3. The molecule has 0 bridgehead atoms. The van der Waals surface area contributed by atoms with Crippen molar-refractivity contribution in [2.24, 2.45) is 0 Å². The number of amides is 1. The van der Waals surface area contributed by atoms with E-state index in [4.69, 9.17) is 4.42 Å². The lowest BCUT2D eigenvalue weighted by molar-refractivity contribution is 0.0950. The quantitative estimate of drug-likeness (QED) is 0.700. The molecule has 28 heavy (non-hydrogen) atoms. The molecule has 2 aromatic carbocycles. The predicted octanol–water partition coefficient (Wildman–Crippen LogP) is 4.17. The van der Waals surface area contributed by atoms with Gasteiger partial charge in [0.1, 0.15) is 5.52 Å². The van der Waals surface area contributed by atoms with Crippen LogP contribution in [0, 0.1) is 0 Å². The van der Waals surface area contributed by atoms with Crippen LogP contribution in [0.2, 0.25) is 0 Å². The zero-order valence-electron chi connectivity index (χ0n) is 16.5. The van der Waals surface area contributed by atoms with Gasteiger partial charge < -0.3 is 14.6 Å². The number of oxazole rings is 1. The van der Waals surface area contributed by atoms with Gasteiger partial charge in [0, 0.05) is 31.1 Å². The lowest BCUT2D eigenvalue weighted by atomic mass is 9.99. The van der Waals surface area contributed by atoms with Crippen LogP contribution in [-0.2, 0) is 0 Å². The van der Waals surface area contributed by atoms with Crippen LogP contribution >= 0.6 is 0 Å². The normalized spacial score (nSPS) is 17.5. The molecule has 4 rings (SSSR count). The highest BCUT2D eigenvalue weighted by Gasteiger charge is 2.23. The lowest BCUT2D eigenvalue weighted by Gasteiger charge is -2.16. The smallest absolute Gasteiger partial charge is 0.251 e. The minimum Gasteiger partial charge on any atom is -0.440 e. The van der Waals surface area contributed by atoms with Crippen LogP contribution in [0.25, 0.3) is 11.1 Å². The summed E-state index contributed by atoms with van der Waals surface area (Å²) in [5.41, 5.74) is 3.50. The van der Waals surface area contributed by atoms with Crippen molar-refractivity contribution in [1.29, 1.82) is 0 Å². The number of rotatable bonds is 6. The number of carbonyl (C=O) groups excluding carboxylic acids is 1. The first-order valence-electron chi connectivity index (χ1n) is 10.1. The maximum atomic E-state index is 12.5. The Morgan fingerprint density at radius 2 is 2.07 bits per heavy atom. The van der Waals surface area contributed by atoms with Crippen molar-refractivity contribution < 1.29 is 9.21 Å². The summed E-state index contributed by atoms with van der Waals surface area (Å²) in [5, 5.41) is 3.04. The van der Waals surface area contributed by atoms with Crippen LogP contribution in [-0.4, -0.2) is 42.0 Å². The van der Waals surface area contributed by atoms with E-state index in [2.05, 4.69) is 45.5 Å². The largest absolute Gasteiger partial charge is 0.440 e. The van der Waals surface area contributed by atoms with Crippen LogP contribution < -0.4 is 5.32 Å². The van der Waals surface area contributed by atoms with E-state index in [1.165, 1.54) is 12.0 Å². The Morgan fingerprint density at radius 3 is 2.86 bits per heavy atom. The van der Waals surface area contributed by atoms with E-state index >= 15 is 0 Å². The number of hydrogen-bond acceptors (Lipinski definition) is 4. The van der Waals surface area contributed by atoms with Crippen molar-refractivity contribution in [1.82, 2.24) is 15.2 Å². The average molecular weight is 377 g/mol. The molecule has 0 spiro atoms. The molecule has 0 radical (unpaired) electrons. The number of nitrogens with zero attached hydrogens (tertiary/aromatic N) is 2. The zero-order chi connectivity index (χ0) is 19.5. The molecule has 0 aliphatic carbocycles. The van der Waals surface area contributed by atoms with Gasteiger partial charge in [-0.15, -0.1) is 0 Å². The number of nitrogens with one attached hydrogen (secondary N) is 1. The van der Waals surface area contributed by atoms with Gasteiger partial charge in [-0.05, 0) is 42.6 Å². The second-order valence-corrected chi connectivity index (χ2v) is 7.84. The first kappa shape index (κ1) is 18.7. The fourth-order valence-corrected chi connectivity index (χ4v) is 3.80. The third-order valence-corrected chi connectivity index (χ3v) is 5.42. The van der Waals surface area contributed by atoms with Crippen molar-refractivity contribution in [2.75, 3.05) is 26.2 Å². The van der Waals surface area contributed by atoms with Gasteiger partial charge >= 0.3 is 0 Å². The molecular formula is C23H27N3O2. The molecule has 1 aliphatic heterocycles.